The highest BCUT2D eigenvalue weighted by Gasteiger charge is 2.37. The summed E-state index contributed by atoms with van der Waals surface area (Å²) in [4.78, 5) is 26.8. The van der Waals surface area contributed by atoms with Gasteiger partial charge in [-0.1, -0.05) is 24.3 Å². The average molecular weight is 290 g/mol. The van der Waals surface area contributed by atoms with Gasteiger partial charge in [0, 0.05) is 25.3 Å². The number of aliphatic carboxylic acids is 1. The summed E-state index contributed by atoms with van der Waals surface area (Å²) >= 11 is 0. The largest absolute Gasteiger partial charge is 0.481 e. The molecule has 1 aliphatic rings. The molecule has 1 unspecified atom stereocenters. The van der Waals surface area contributed by atoms with Gasteiger partial charge in [0.25, 0.3) is 0 Å². The number of carbonyl (C=O) groups excluding carboxylic acids is 1. The molecule has 2 rings (SSSR count). The van der Waals surface area contributed by atoms with Crippen molar-refractivity contribution in [3.05, 3.63) is 42.5 Å². The molecule has 2 N–H and O–H groups in total. The quantitative estimate of drug-likeness (QED) is 0.800. The molecule has 21 heavy (non-hydrogen) atoms. The number of aliphatic hydroxyl groups excluding tert-OH is 1. The topological polar surface area (TPSA) is 81.1 Å². The summed E-state index contributed by atoms with van der Waals surface area (Å²) < 4.78 is 0. The molecule has 112 valence electrons. The lowest BCUT2D eigenvalue weighted by atomic mass is 10.0. The van der Waals surface area contributed by atoms with Crippen LogP contribution in [0.15, 0.2) is 36.9 Å². The minimum absolute atomic E-state index is 0.104. The number of aliphatic hydroxyl groups is 1. The maximum Gasteiger partial charge on any atom is 0.324 e. The zero-order chi connectivity index (χ0) is 15.4. The summed E-state index contributed by atoms with van der Waals surface area (Å²) in [6, 6.07) is 6.68. The molecule has 0 aliphatic carbocycles. The second kappa shape index (κ2) is 6.41. The van der Waals surface area contributed by atoms with E-state index >= 15 is 0 Å². The van der Waals surface area contributed by atoms with Crippen LogP contribution in [0.1, 0.15) is 11.5 Å². The molecule has 6 nitrogen and oxygen atoms in total. The third-order valence-corrected chi connectivity index (χ3v) is 3.49. The van der Waals surface area contributed by atoms with Crippen molar-refractivity contribution in [1.82, 2.24) is 4.90 Å². The lowest BCUT2D eigenvalue weighted by Crippen LogP contribution is -2.44. The molecule has 0 saturated heterocycles. The van der Waals surface area contributed by atoms with Gasteiger partial charge in [-0.3, -0.25) is 9.69 Å². The van der Waals surface area contributed by atoms with E-state index in [9.17, 15) is 14.7 Å². The lowest BCUT2D eigenvalue weighted by molar-refractivity contribution is -0.138. The van der Waals surface area contributed by atoms with Crippen LogP contribution in [-0.2, 0) is 4.79 Å². The Balaban J connectivity index is 2.30. The van der Waals surface area contributed by atoms with Gasteiger partial charge in [-0.05, 0) is 11.6 Å². The van der Waals surface area contributed by atoms with Crippen LogP contribution in [0, 0.1) is 0 Å². The van der Waals surface area contributed by atoms with Crippen LogP contribution in [0.4, 0.5) is 10.5 Å². The van der Waals surface area contributed by atoms with Crippen molar-refractivity contribution in [2.75, 3.05) is 31.1 Å². The van der Waals surface area contributed by atoms with Crippen LogP contribution >= 0.6 is 0 Å². The molecule has 1 aromatic rings. The summed E-state index contributed by atoms with van der Waals surface area (Å²) in [5.41, 5.74) is 1.25. The summed E-state index contributed by atoms with van der Waals surface area (Å²) in [5.74, 6) is -1.67. The number of carboxylic acid groups (broad SMARTS) is 1. The van der Waals surface area contributed by atoms with E-state index in [0.29, 0.717) is 17.8 Å². The van der Waals surface area contributed by atoms with Gasteiger partial charge in [0.05, 0.1) is 6.61 Å². The number of urea groups is 1. The first-order chi connectivity index (χ1) is 10.1. The Morgan fingerprint density at radius 1 is 1.43 bits per heavy atom. The number of benzene rings is 1. The van der Waals surface area contributed by atoms with Gasteiger partial charge in [-0.15, -0.1) is 6.58 Å². The van der Waals surface area contributed by atoms with Crippen molar-refractivity contribution in [2.24, 2.45) is 0 Å². The number of carboxylic acids is 1. The zero-order valence-corrected chi connectivity index (χ0v) is 11.6. The highest BCUT2D eigenvalue weighted by Crippen LogP contribution is 2.36. The number of fused-ring (bicyclic) bond motifs is 1. The highest BCUT2D eigenvalue weighted by atomic mass is 16.4. The number of rotatable bonds is 5. The molecule has 0 aromatic heterocycles. The second-order valence-corrected chi connectivity index (χ2v) is 4.80. The minimum Gasteiger partial charge on any atom is -0.481 e. The summed E-state index contributed by atoms with van der Waals surface area (Å²) in [6.07, 6.45) is 1.57. The van der Waals surface area contributed by atoms with Crippen molar-refractivity contribution in [3.63, 3.8) is 0 Å². The Hall–Kier alpha value is -2.34. The first-order valence-corrected chi connectivity index (χ1v) is 6.70. The van der Waals surface area contributed by atoms with Gasteiger partial charge in [0.1, 0.15) is 5.92 Å². The molecule has 0 saturated carbocycles. The standard InChI is InChI=1S/C15H18N2O4/c1-2-7-16(8-9-18)15(21)17-10-12(14(19)20)11-5-3-4-6-13(11)17/h2-6,12,18H,1,7-10H2,(H,19,20). The monoisotopic (exact) mass is 290 g/mol. The fourth-order valence-electron chi connectivity index (χ4n) is 2.51. The van der Waals surface area contributed by atoms with Crippen LogP contribution in [0.2, 0.25) is 0 Å². The van der Waals surface area contributed by atoms with E-state index in [1.165, 1.54) is 9.80 Å². The van der Waals surface area contributed by atoms with Crippen molar-refractivity contribution in [1.29, 1.82) is 0 Å². The molecule has 6 heteroatoms. The van der Waals surface area contributed by atoms with E-state index in [1.807, 2.05) is 0 Å². The number of hydrogen-bond donors (Lipinski definition) is 2. The van der Waals surface area contributed by atoms with Crippen molar-refractivity contribution < 1.29 is 19.8 Å². The predicted octanol–water partition coefficient (Wildman–Crippen LogP) is 1.28. The number of para-hydroxylation sites is 1. The van der Waals surface area contributed by atoms with Crippen molar-refractivity contribution in [2.45, 2.75) is 5.92 Å². The predicted molar refractivity (Wildman–Crippen MR) is 78.4 cm³/mol. The Kier molecular flexibility index (Phi) is 4.59. The molecule has 1 aromatic carbocycles. The van der Waals surface area contributed by atoms with Crippen LogP contribution in [0.5, 0.6) is 0 Å². The Morgan fingerprint density at radius 2 is 2.14 bits per heavy atom. The summed E-state index contributed by atoms with van der Waals surface area (Å²) in [6.45, 7) is 4.02. The smallest absolute Gasteiger partial charge is 0.324 e. The van der Waals surface area contributed by atoms with Gasteiger partial charge in [-0.25, -0.2) is 4.79 Å². The molecular formula is C15H18N2O4. The maximum absolute atomic E-state index is 12.6. The fraction of sp³-hybridized carbons (Fsp3) is 0.333. The molecule has 1 aliphatic heterocycles. The maximum atomic E-state index is 12.6. The van der Waals surface area contributed by atoms with E-state index in [1.54, 1.807) is 30.3 Å². The minimum atomic E-state index is -0.949. The van der Waals surface area contributed by atoms with Gasteiger partial charge in [0.2, 0.25) is 0 Å². The normalized spacial score (nSPS) is 16.4. The van der Waals surface area contributed by atoms with Crippen LogP contribution in [0.25, 0.3) is 0 Å². The molecule has 0 spiro atoms. The number of anilines is 1. The van der Waals surface area contributed by atoms with E-state index in [4.69, 9.17) is 5.11 Å². The van der Waals surface area contributed by atoms with E-state index in [0.717, 1.165) is 0 Å². The van der Waals surface area contributed by atoms with Gasteiger partial charge in [0.15, 0.2) is 0 Å². The zero-order valence-electron chi connectivity index (χ0n) is 11.6. The number of carbonyl (C=O) groups is 2. The van der Waals surface area contributed by atoms with Crippen LogP contribution in [0.3, 0.4) is 0 Å². The molecule has 0 fully saturated rings. The SMILES string of the molecule is C=CCN(CCO)C(=O)N1CC(C(=O)O)c2ccccc21. The molecule has 1 heterocycles. The lowest BCUT2D eigenvalue weighted by Gasteiger charge is -2.27. The summed E-state index contributed by atoms with van der Waals surface area (Å²) in [5, 5.41) is 18.3. The van der Waals surface area contributed by atoms with E-state index in [-0.39, 0.29) is 25.7 Å². The number of nitrogens with zero attached hydrogens (tertiary/aromatic N) is 2. The first kappa shape index (κ1) is 15.1. The van der Waals surface area contributed by atoms with E-state index in [2.05, 4.69) is 6.58 Å². The average Bonchev–Trinajstić information content (AvgIpc) is 2.86. The Labute approximate surface area is 122 Å². The molecular weight excluding hydrogens is 272 g/mol. The van der Waals surface area contributed by atoms with Gasteiger partial charge in [-0.2, -0.15) is 0 Å². The Morgan fingerprint density at radius 3 is 2.76 bits per heavy atom. The van der Waals surface area contributed by atoms with Crippen LogP contribution < -0.4 is 4.90 Å². The first-order valence-electron chi connectivity index (χ1n) is 6.70. The molecule has 2 amide bonds. The number of amides is 2. The van der Waals surface area contributed by atoms with Gasteiger partial charge >= 0.3 is 12.0 Å². The number of hydrogen-bond acceptors (Lipinski definition) is 3. The molecule has 0 radical (unpaired) electrons. The fourth-order valence-corrected chi connectivity index (χ4v) is 2.51. The second-order valence-electron chi connectivity index (χ2n) is 4.80. The molecule has 1 atom stereocenters. The van der Waals surface area contributed by atoms with Crippen molar-refractivity contribution in [3.8, 4) is 0 Å². The Bertz CT molecular complexity index is 558. The summed E-state index contributed by atoms with van der Waals surface area (Å²) in [7, 11) is 0. The van der Waals surface area contributed by atoms with Crippen LogP contribution in [-0.4, -0.2) is 53.4 Å². The van der Waals surface area contributed by atoms with Crippen molar-refractivity contribution >= 4 is 17.7 Å². The van der Waals surface area contributed by atoms with E-state index < -0.39 is 11.9 Å². The van der Waals surface area contributed by atoms with Gasteiger partial charge < -0.3 is 15.1 Å². The molecule has 0 bridgehead atoms. The third-order valence-electron chi connectivity index (χ3n) is 3.49. The third kappa shape index (κ3) is 2.90. The highest BCUT2D eigenvalue weighted by molar-refractivity contribution is 5.98.